The molecular formula is C20H33N3O. The predicted molar refractivity (Wildman–Crippen MR) is 97.8 cm³/mol. The summed E-state index contributed by atoms with van der Waals surface area (Å²) in [5.41, 5.74) is 1.29. The number of rotatable bonds is 5. The molecule has 3 rings (SSSR count). The fraction of sp³-hybridized carbons (Fsp3) is 0.750. The van der Waals surface area contributed by atoms with Crippen molar-refractivity contribution in [1.29, 1.82) is 0 Å². The third kappa shape index (κ3) is 4.35. The average molecular weight is 332 g/mol. The van der Waals surface area contributed by atoms with Gasteiger partial charge in [0, 0.05) is 43.6 Å². The van der Waals surface area contributed by atoms with Crippen molar-refractivity contribution < 1.29 is 5.11 Å². The Labute approximate surface area is 146 Å². The molecule has 1 aromatic heterocycles. The van der Waals surface area contributed by atoms with Crippen LogP contribution in [0.4, 0.5) is 0 Å². The number of likely N-dealkylation sites (tertiary alicyclic amines) is 1. The summed E-state index contributed by atoms with van der Waals surface area (Å²) in [7, 11) is 0. The van der Waals surface area contributed by atoms with E-state index in [1.54, 1.807) is 0 Å². The Morgan fingerprint density at radius 3 is 2.54 bits per heavy atom. The first-order chi connectivity index (χ1) is 11.6. The van der Waals surface area contributed by atoms with Crippen molar-refractivity contribution in [2.24, 2.45) is 5.92 Å². The molecule has 24 heavy (non-hydrogen) atoms. The lowest BCUT2D eigenvalue weighted by Gasteiger charge is -2.42. The lowest BCUT2D eigenvalue weighted by molar-refractivity contribution is 0.00626. The summed E-state index contributed by atoms with van der Waals surface area (Å²) < 4.78 is 0. The largest absolute Gasteiger partial charge is 0.391 e. The summed E-state index contributed by atoms with van der Waals surface area (Å²) in [5.74, 6) is 0.549. The number of pyridine rings is 1. The van der Waals surface area contributed by atoms with Crippen LogP contribution < -0.4 is 5.32 Å². The van der Waals surface area contributed by atoms with E-state index >= 15 is 0 Å². The number of aliphatic hydroxyl groups is 1. The van der Waals surface area contributed by atoms with E-state index in [0.717, 1.165) is 19.5 Å². The molecule has 0 amide bonds. The Kier molecular flexibility index (Phi) is 6.25. The van der Waals surface area contributed by atoms with E-state index in [4.69, 9.17) is 0 Å². The molecular weight excluding hydrogens is 298 g/mol. The van der Waals surface area contributed by atoms with Crippen LogP contribution in [0.5, 0.6) is 0 Å². The van der Waals surface area contributed by atoms with Crippen LogP contribution in [0.15, 0.2) is 24.5 Å². The van der Waals surface area contributed by atoms with Gasteiger partial charge in [-0.25, -0.2) is 0 Å². The quantitative estimate of drug-likeness (QED) is 0.870. The van der Waals surface area contributed by atoms with Crippen molar-refractivity contribution >= 4 is 0 Å². The molecule has 1 saturated carbocycles. The molecule has 0 spiro atoms. The Morgan fingerprint density at radius 1 is 1.17 bits per heavy atom. The summed E-state index contributed by atoms with van der Waals surface area (Å²) in [6.45, 7) is 6.77. The SMILES string of the molecule is CC(C)C(NC1CCN(C2CCCCC2O)CC1)c1cccnc1. The van der Waals surface area contributed by atoms with E-state index in [0.29, 0.717) is 24.0 Å². The maximum atomic E-state index is 10.3. The second kappa shape index (κ2) is 8.41. The Balaban J connectivity index is 1.54. The van der Waals surface area contributed by atoms with E-state index in [1.807, 2.05) is 18.5 Å². The molecule has 0 bridgehead atoms. The maximum absolute atomic E-state index is 10.3. The Hall–Kier alpha value is -0.970. The zero-order valence-electron chi connectivity index (χ0n) is 15.2. The number of hydrogen-bond acceptors (Lipinski definition) is 4. The van der Waals surface area contributed by atoms with Crippen molar-refractivity contribution in [3.8, 4) is 0 Å². The molecule has 2 fully saturated rings. The van der Waals surface area contributed by atoms with Gasteiger partial charge >= 0.3 is 0 Å². The Bertz CT molecular complexity index is 485. The van der Waals surface area contributed by atoms with Crippen LogP contribution in [-0.2, 0) is 0 Å². The van der Waals surface area contributed by atoms with E-state index in [2.05, 4.69) is 35.1 Å². The zero-order valence-corrected chi connectivity index (χ0v) is 15.2. The highest BCUT2D eigenvalue weighted by molar-refractivity contribution is 5.15. The van der Waals surface area contributed by atoms with Crippen molar-refractivity contribution in [2.75, 3.05) is 13.1 Å². The average Bonchev–Trinajstić information content (AvgIpc) is 2.61. The number of aromatic nitrogens is 1. The van der Waals surface area contributed by atoms with Crippen molar-refractivity contribution in [3.05, 3.63) is 30.1 Å². The molecule has 3 atom stereocenters. The minimum atomic E-state index is -0.109. The van der Waals surface area contributed by atoms with E-state index < -0.39 is 0 Å². The van der Waals surface area contributed by atoms with Crippen LogP contribution in [0, 0.1) is 5.92 Å². The van der Waals surface area contributed by atoms with Gasteiger partial charge in [0.1, 0.15) is 0 Å². The highest BCUT2D eigenvalue weighted by atomic mass is 16.3. The normalized spacial score (nSPS) is 28.2. The first-order valence-corrected chi connectivity index (χ1v) is 9.73. The molecule has 134 valence electrons. The first-order valence-electron chi connectivity index (χ1n) is 9.73. The van der Waals surface area contributed by atoms with Crippen LogP contribution in [0.1, 0.15) is 64.0 Å². The van der Waals surface area contributed by atoms with Gasteiger partial charge in [-0.3, -0.25) is 9.88 Å². The molecule has 1 aromatic rings. The van der Waals surface area contributed by atoms with Gasteiger partial charge in [-0.2, -0.15) is 0 Å². The molecule has 0 aromatic carbocycles. The molecule has 2 aliphatic rings. The minimum Gasteiger partial charge on any atom is -0.391 e. The number of piperidine rings is 1. The minimum absolute atomic E-state index is 0.109. The second-order valence-electron chi connectivity index (χ2n) is 7.90. The number of aliphatic hydroxyl groups excluding tert-OH is 1. The summed E-state index contributed by atoms with van der Waals surface area (Å²) in [4.78, 5) is 6.82. The molecule has 4 heteroatoms. The fourth-order valence-electron chi connectivity index (χ4n) is 4.40. The number of nitrogens with one attached hydrogen (secondary N) is 1. The molecule has 2 N–H and O–H groups in total. The second-order valence-corrected chi connectivity index (χ2v) is 7.90. The fourth-order valence-corrected chi connectivity index (χ4v) is 4.40. The summed E-state index contributed by atoms with van der Waals surface area (Å²) >= 11 is 0. The van der Waals surface area contributed by atoms with Gasteiger partial charge in [0.15, 0.2) is 0 Å². The molecule has 2 heterocycles. The predicted octanol–water partition coefficient (Wildman–Crippen LogP) is 3.14. The molecule has 4 nitrogen and oxygen atoms in total. The number of nitrogens with zero attached hydrogens (tertiary/aromatic N) is 2. The standard InChI is InChI=1S/C20H33N3O/c1-15(2)20(16-6-5-11-21-14-16)22-17-9-12-23(13-10-17)18-7-3-4-8-19(18)24/h5-6,11,14-15,17-20,22,24H,3-4,7-10,12-13H2,1-2H3. The van der Waals surface area contributed by atoms with Crippen molar-refractivity contribution in [3.63, 3.8) is 0 Å². The van der Waals surface area contributed by atoms with Gasteiger partial charge in [0.2, 0.25) is 0 Å². The molecule has 1 saturated heterocycles. The first kappa shape index (κ1) is 17.8. The highest BCUT2D eigenvalue weighted by Crippen LogP contribution is 2.28. The van der Waals surface area contributed by atoms with Crippen LogP contribution >= 0.6 is 0 Å². The van der Waals surface area contributed by atoms with Gasteiger partial charge in [-0.1, -0.05) is 32.8 Å². The van der Waals surface area contributed by atoms with Gasteiger partial charge in [0.05, 0.1) is 6.10 Å². The molecule has 0 radical (unpaired) electrons. The zero-order chi connectivity index (χ0) is 16.9. The smallest absolute Gasteiger partial charge is 0.0695 e. The summed E-state index contributed by atoms with van der Waals surface area (Å²) in [6, 6.07) is 5.54. The lowest BCUT2D eigenvalue weighted by Crippen LogP contribution is -2.52. The van der Waals surface area contributed by atoms with E-state index in [9.17, 15) is 5.11 Å². The third-order valence-corrected chi connectivity index (χ3v) is 5.82. The van der Waals surface area contributed by atoms with Gasteiger partial charge in [0.25, 0.3) is 0 Å². The van der Waals surface area contributed by atoms with Crippen molar-refractivity contribution in [2.45, 2.75) is 76.6 Å². The lowest BCUT2D eigenvalue weighted by atomic mass is 9.89. The summed E-state index contributed by atoms with van der Waals surface area (Å²) in [6.07, 6.45) is 10.7. The Morgan fingerprint density at radius 2 is 1.92 bits per heavy atom. The van der Waals surface area contributed by atoms with Gasteiger partial charge < -0.3 is 10.4 Å². The molecule has 3 unspecified atom stereocenters. The third-order valence-electron chi connectivity index (χ3n) is 5.82. The monoisotopic (exact) mass is 331 g/mol. The highest BCUT2D eigenvalue weighted by Gasteiger charge is 2.32. The van der Waals surface area contributed by atoms with Crippen molar-refractivity contribution in [1.82, 2.24) is 15.2 Å². The van der Waals surface area contributed by atoms with Crippen LogP contribution in [0.3, 0.4) is 0 Å². The van der Waals surface area contributed by atoms with Crippen LogP contribution in [0.2, 0.25) is 0 Å². The maximum Gasteiger partial charge on any atom is 0.0695 e. The van der Waals surface area contributed by atoms with E-state index in [-0.39, 0.29) is 6.10 Å². The van der Waals surface area contributed by atoms with E-state index in [1.165, 1.54) is 37.7 Å². The van der Waals surface area contributed by atoms with Crippen LogP contribution in [0.25, 0.3) is 0 Å². The molecule has 1 aliphatic carbocycles. The van der Waals surface area contributed by atoms with Crippen LogP contribution in [-0.4, -0.2) is 46.3 Å². The number of hydrogen-bond donors (Lipinski definition) is 2. The molecule has 1 aliphatic heterocycles. The van der Waals surface area contributed by atoms with Gasteiger partial charge in [-0.05, 0) is 43.2 Å². The van der Waals surface area contributed by atoms with Gasteiger partial charge in [-0.15, -0.1) is 0 Å². The topological polar surface area (TPSA) is 48.4 Å². The summed E-state index contributed by atoms with van der Waals surface area (Å²) in [5, 5.41) is 14.2.